The van der Waals surface area contributed by atoms with Gasteiger partial charge >= 0.3 is 5.97 Å². The minimum Gasteiger partial charge on any atom is -0.451 e. The average Bonchev–Trinajstić information content (AvgIpc) is 3.10. The van der Waals surface area contributed by atoms with Gasteiger partial charge in [0, 0.05) is 25.8 Å². The Kier molecular flexibility index (Phi) is 5.90. The second-order valence-corrected chi connectivity index (χ2v) is 5.16. The first kappa shape index (κ1) is 17.7. The van der Waals surface area contributed by atoms with Gasteiger partial charge in [0.05, 0.1) is 0 Å². The van der Waals surface area contributed by atoms with Gasteiger partial charge in [0.15, 0.2) is 12.4 Å². The fraction of sp³-hybridized carbons (Fsp3) is 0.176. The SMILES string of the molecule is CN(C)c1ccc(/C=C(\C#N)C(=O)OCC(=O)Nc2ccon2)cc1. The highest BCUT2D eigenvalue weighted by atomic mass is 16.5. The summed E-state index contributed by atoms with van der Waals surface area (Å²) in [5.74, 6) is -1.26. The highest BCUT2D eigenvalue weighted by Crippen LogP contribution is 2.15. The molecule has 0 fully saturated rings. The van der Waals surface area contributed by atoms with E-state index in [1.807, 2.05) is 31.1 Å². The van der Waals surface area contributed by atoms with E-state index in [0.717, 1.165) is 5.69 Å². The molecule has 0 atom stereocenters. The predicted octanol–water partition coefficient (Wildman–Crippen LogP) is 1.83. The predicted molar refractivity (Wildman–Crippen MR) is 90.5 cm³/mol. The summed E-state index contributed by atoms with van der Waals surface area (Å²) in [5.41, 5.74) is 1.46. The number of hydrogen-bond donors (Lipinski definition) is 1. The number of nitriles is 1. The summed E-state index contributed by atoms with van der Waals surface area (Å²) in [4.78, 5) is 25.5. The molecule has 0 unspecified atom stereocenters. The van der Waals surface area contributed by atoms with Crippen LogP contribution < -0.4 is 10.2 Å². The molecule has 1 heterocycles. The van der Waals surface area contributed by atoms with Crippen LogP contribution >= 0.6 is 0 Å². The number of hydrogen-bond acceptors (Lipinski definition) is 7. The third-order valence-electron chi connectivity index (χ3n) is 3.10. The van der Waals surface area contributed by atoms with Crippen LogP contribution in [0.1, 0.15) is 5.56 Å². The number of carbonyl (C=O) groups excluding carboxylic acids is 2. The van der Waals surface area contributed by atoms with Crippen molar-refractivity contribution in [1.82, 2.24) is 5.16 Å². The van der Waals surface area contributed by atoms with Crippen molar-refractivity contribution in [2.75, 3.05) is 30.9 Å². The van der Waals surface area contributed by atoms with E-state index in [-0.39, 0.29) is 11.4 Å². The van der Waals surface area contributed by atoms with Gasteiger partial charge in [-0.2, -0.15) is 5.26 Å². The standard InChI is InChI=1S/C17H16N4O4/c1-21(2)14-5-3-12(4-6-14)9-13(10-18)17(23)24-11-16(22)19-15-7-8-25-20-15/h3-9H,11H2,1-2H3,(H,19,20,22)/b13-9+. The van der Waals surface area contributed by atoms with E-state index >= 15 is 0 Å². The maximum Gasteiger partial charge on any atom is 0.349 e. The maximum absolute atomic E-state index is 11.9. The van der Waals surface area contributed by atoms with Crippen LogP contribution in [0.5, 0.6) is 0 Å². The van der Waals surface area contributed by atoms with E-state index < -0.39 is 18.5 Å². The van der Waals surface area contributed by atoms with Crippen LogP contribution in [0.15, 0.2) is 46.7 Å². The molecule has 1 aromatic heterocycles. The summed E-state index contributed by atoms with van der Waals surface area (Å²) in [6, 6.07) is 10.5. The Labute approximate surface area is 144 Å². The summed E-state index contributed by atoms with van der Waals surface area (Å²) in [6.45, 7) is -0.537. The van der Waals surface area contributed by atoms with Gasteiger partial charge in [0.1, 0.15) is 17.9 Å². The van der Waals surface area contributed by atoms with Crippen molar-refractivity contribution in [3.63, 3.8) is 0 Å². The molecule has 0 bridgehead atoms. The first-order valence-electron chi connectivity index (χ1n) is 7.26. The molecule has 0 saturated carbocycles. The minimum atomic E-state index is -0.880. The van der Waals surface area contributed by atoms with Crippen LogP contribution in [0, 0.1) is 11.3 Å². The summed E-state index contributed by atoms with van der Waals surface area (Å²) >= 11 is 0. The molecule has 0 radical (unpaired) electrons. The fourth-order valence-electron chi connectivity index (χ4n) is 1.84. The summed E-state index contributed by atoms with van der Waals surface area (Å²) in [7, 11) is 3.82. The van der Waals surface area contributed by atoms with Gasteiger partial charge in [-0.15, -0.1) is 0 Å². The number of esters is 1. The molecule has 1 aromatic carbocycles. The number of anilines is 2. The zero-order valence-corrected chi connectivity index (χ0v) is 13.7. The van der Waals surface area contributed by atoms with Crippen LogP contribution in [0.4, 0.5) is 11.5 Å². The number of ether oxygens (including phenoxy) is 1. The van der Waals surface area contributed by atoms with Gasteiger partial charge in [0.25, 0.3) is 5.91 Å². The second-order valence-electron chi connectivity index (χ2n) is 5.16. The Morgan fingerprint density at radius 1 is 1.32 bits per heavy atom. The monoisotopic (exact) mass is 340 g/mol. The Morgan fingerprint density at radius 2 is 2.04 bits per heavy atom. The quantitative estimate of drug-likeness (QED) is 0.485. The first-order chi connectivity index (χ1) is 12.0. The third-order valence-corrected chi connectivity index (χ3v) is 3.10. The normalized spacial score (nSPS) is 10.7. The zero-order valence-electron chi connectivity index (χ0n) is 13.7. The molecule has 8 nitrogen and oxygen atoms in total. The number of nitrogens with zero attached hydrogens (tertiary/aromatic N) is 3. The van der Waals surface area contributed by atoms with E-state index in [9.17, 15) is 9.59 Å². The molecule has 25 heavy (non-hydrogen) atoms. The largest absolute Gasteiger partial charge is 0.451 e. The van der Waals surface area contributed by atoms with Crippen molar-refractivity contribution in [2.24, 2.45) is 0 Å². The van der Waals surface area contributed by atoms with E-state index in [4.69, 9.17) is 10.00 Å². The Balaban J connectivity index is 1.95. The lowest BCUT2D eigenvalue weighted by atomic mass is 10.1. The minimum absolute atomic E-state index is 0.202. The first-order valence-corrected chi connectivity index (χ1v) is 7.26. The molecule has 1 N–H and O–H groups in total. The lowest BCUT2D eigenvalue weighted by molar-refractivity contribution is -0.142. The number of nitrogens with one attached hydrogen (secondary N) is 1. The van der Waals surface area contributed by atoms with Gasteiger partial charge in [-0.25, -0.2) is 4.79 Å². The highest BCUT2D eigenvalue weighted by molar-refractivity contribution is 6.00. The third kappa shape index (κ3) is 5.21. The smallest absolute Gasteiger partial charge is 0.349 e. The van der Waals surface area contributed by atoms with Gasteiger partial charge in [0.2, 0.25) is 0 Å². The molecular formula is C17H16N4O4. The molecule has 1 amide bonds. The number of carbonyl (C=O) groups is 2. The number of amides is 1. The highest BCUT2D eigenvalue weighted by Gasteiger charge is 2.14. The molecular weight excluding hydrogens is 324 g/mol. The molecule has 0 saturated heterocycles. The van der Waals surface area contributed by atoms with E-state index in [1.165, 1.54) is 18.4 Å². The van der Waals surface area contributed by atoms with E-state index in [0.29, 0.717) is 5.56 Å². The van der Waals surface area contributed by atoms with Crippen molar-refractivity contribution < 1.29 is 18.8 Å². The topological polar surface area (TPSA) is 108 Å². The molecule has 2 aromatic rings. The van der Waals surface area contributed by atoms with Crippen molar-refractivity contribution in [2.45, 2.75) is 0 Å². The summed E-state index contributed by atoms with van der Waals surface area (Å²) in [5, 5.41) is 15.0. The molecule has 128 valence electrons. The van der Waals surface area contributed by atoms with Gasteiger partial charge in [-0.1, -0.05) is 17.3 Å². The summed E-state index contributed by atoms with van der Waals surface area (Å²) < 4.78 is 9.39. The molecule has 0 spiro atoms. The molecule has 2 rings (SSSR count). The van der Waals surface area contributed by atoms with Crippen LogP contribution in [0.3, 0.4) is 0 Å². The van der Waals surface area contributed by atoms with Crippen LogP contribution in [-0.4, -0.2) is 37.7 Å². The van der Waals surface area contributed by atoms with Crippen LogP contribution in [0.2, 0.25) is 0 Å². The van der Waals surface area contributed by atoms with Crippen molar-refractivity contribution in [3.05, 3.63) is 47.7 Å². The number of benzene rings is 1. The molecule has 8 heteroatoms. The number of rotatable bonds is 6. The van der Waals surface area contributed by atoms with Gasteiger partial charge in [-0.05, 0) is 23.8 Å². The molecule has 0 aliphatic heterocycles. The zero-order chi connectivity index (χ0) is 18.2. The maximum atomic E-state index is 11.9. The average molecular weight is 340 g/mol. The van der Waals surface area contributed by atoms with E-state index in [1.54, 1.807) is 18.2 Å². The Bertz CT molecular complexity index is 802. The fourth-order valence-corrected chi connectivity index (χ4v) is 1.84. The van der Waals surface area contributed by atoms with Crippen molar-refractivity contribution >= 4 is 29.5 Å². The van der Waals surface area contributed by atoms with Gasteiger partial charge < -0.3 is 19.5 Å². The number of aromatic nitrogens is 1. The Morgan fingerprint density at radius 3 is 2.60 bits per heavy atom. The van der Waals surface area contributed by atoms with Crippen molar-refractivity contribution in [1.29, 1.82) is 5.26 Å². The van der Waals surface area contributed by atoms with Crippen LogP contribution in [-0.2, 0) is 14.3 Å². The molecule has 0 aliphatic rings. The van der Waals surface area contributed by atoms with Crippen molar-refractivity contribution in [3.8, 4) is 6.07 Å². The lowest BCUT2D eigenvalue weighted by Gasteiger charge is -2.11. The van der Waals surface area contributed by atoms with E-state index in [2.05, 4.69) is 15.0 Å². The Hall–Kier alpha value is -3.60. The van der Waals surface area contributed by atoms with Gasteiger partial charge in [-0.3, -0.25) is 4.79 Å². The molecule has 0 aliphatic carbocycles. The second kappa shape index (κ2) is 8.31. The lowest BCUT2D eigenvalue weighted by Crippen LogP contribution is -2.21. The van der Waals surface area contributed by atoms with Crippen LogP contribution in [0.25, 0.3) is 6.08 Å². The summed E-state index contributed by atoms with van der Waals surface area (Å²) in [6.07, 6.45) is 2.69.